The van der Waals surface area contributed by atoms with Crippen LogP contribution in [0.15, 0.2) is 0 Å². The standard InChI is InChI=1S/C12H20N2O2/c1-8-4-10(7-16-8)12(15)14-3-2-9-5-13-6-11(9)14/h8-11,13H,2-7H2,1H3/t8?,9-,10?,11+/m0/s1. The molecule has 1 N–H and O–H groups in total. The fourth-order valence-corrected chi connectivity index (χ4v) is 3.35. The van der Waals surface area contributed by atoms with Crippen LogP contribution in [0.4, 0.5) is 0 Å². The summed E-state index contributed by atoms with van der Waals surface area (Å²) < 4.78 is 5.49. The topological polar surface area (TPSA) is 41.6 Å². The predicted molar refractivity (Wildman–Crippen MR) is 60.0 cm³/mol. The van der Waals surface area contributed by atoms with Crippen molar-refractivity contribution < 1.29 is 9.53 Å². The third kappa shape index (κ3) is 1.64. The second-order valence-corrected chi connectivity index (χ2v) is 5.38. The minimum atomic E-state index is 0.120. The van der Waals surface area contributed by atoms with Crippen molar-refractivity contribution in [1.82, 2.24) is 10.2 Å². The summed E-state index contributed by atoms with van der Waals surface area (Å²) in [4.78, 5) is 14.5. The number of ether oxygens (including phenoxy) is 1. The molecular formula is C12H20N2O2. The van der Waals surface area contributed by atoms with Gasteiger partial charge in [-0.2, -0.15) is 0 Å². The van der Waals surface area contributed by atoms with E-state index in [1.807, 2.05) is 0 Å². The van der Waals surface area contributed by atoms with E-state index in [0.717, 1.165) is 26.1 Å². The van der Waals surface area contributed by atoms with E-state index in [9.17, 15) is 4.79 Å². The van der Waals surface area contributed by atoms with E-state index < -0.39 is 0 Å². The first-order valence-electron chi connectivity index (χ1n) is 6.38. The maximum atomic E-state index is 12.4. The minimum absolute atomic E-state index is 0.120. The molecule has 0 aromatic carbocycles. The van der Waals surface area contributed by atoms with Gasteiger partial charge in [0.1, 0.15) is 0 Å². The predicted octanol–water partition coefficient (Wildman–Crippen LogP) is 0.232. The monoisotopic (exact) mass is 224 g/mol. The third-order valence-corrected chi connectivity index (χ3v) is 4.28. The summed E-state index contributed by atoms with van der Waals surface area (Å²) in [6.07, 6.45) is 2.33. The Morgan fingerprint density at radius 2 is 2.31 bits per heavy atom. The molecule has 16 heavy (non-hydrogen) atoms. The van der Waals surface area contributed by atoms with Crippen LogP contribution in [0.25, 0.3) is 0 Å². The van der Waals surface area contributed by atoms with Crippen molar-refractivity contribution in [3.05, 3.63) is 0 Å². The Labute approximate surface area is 96.3 Å². The van der Waals surface area contributed by atoms with Crippen molar-refractivity contribution >= 4 is 5.91 Å². The first-order chi connectivity index (χ1) is 7.75. The molecule has 0 saturated carbocycles. The van der Waals surface area contributed by atoms with Crippen LogP contribution in [0.2, 0.25) is 0 Å². The fourth-order valence-electron chi connectivity index (χ4n) is 3.35. The number of hydrogen-bond acceptors (Lipinski definition) is 3. The lowest BCUT2D eigenvalue weighted by molar-refractivity contribution is -0.136. The molecule has 0 bridgehead atoms. The van der Waals surface area contributed by atoms with Gasteiger partial charge < -0.3 is 15.0 Å². The fraction of sp³-hybridized carbons (Fsp3) is 0.917. The average Bonchev–Trinajstić information content (AvgIpc) is 2.90. The van der Waals surface area contributed by atoms with Crippen LogP contribution in [0.1, 0.15) is 19.8 Å². The van der Waals surface area contributed by atoms with Crippen molar-refractivity contribution in [1.29, 1.82) is 0 Å². The van der Waals surface area contributed by atoms with E-state index in [0.29, 0.717) is 24.5 Å². The lowest BCUT2D eigenvalue weighted by Crippen LogP contribution is -2.42. The molecule has 3 aliphatic rings. The lowest BCUT2D eigenvalue weighted by Gasteiger charge is -2.25. The molecular weight excluding hydrogens is 204 g/mol. The number of fused-ring (bicyclic) bond motifs is 1. The highest BCUT2D eigenvalue weighted by molar-refractivity contribution is 5.80. The van der Waals surface area contributed by atoms with Gasteiger partial charge >= 0.3 is 0 Å². The molecule has 4 nitrogen and oxygen atoms in total. The first-order valence-corrected chi connectivity index (χ1v) is 6.38. The maximum Gasteiger partial charge on any atom is 0.228 e. The summed E-state index contributed by atoms with van der Waals surface area (Å²) in [5.41, 5.74) is 0. The molecule has 3 aliphatic heterocycles. The molecule has 3 heterocycles. The van der Waals surface area contributed by atoms with E-state index in [4.69, 9.17) is 4.74 Å². The summed E-state index contributed by atoms with van der Waals surface area (Å²) in [5.74, 6) is 1.15. The first kappa shape index (κ1) is 10.5. The van der Waals surface area contributed by atoms with Gasteiger partial charge in [0, 0.05) is 25.7 Å². The Balaban J connectivity index is 1.66. The largest absolute Gasteiger partial charge is 0.378 e. The van der Waals surface area contributed by atoms with Crippen LogP contribution in [0, 0.1) is 11.8 Å². The van der Waals surface area contributed by atoms with Crippen molar-refractivity contribution in [2.24, 2.45) is 11.8 Å². The number of carbonyl (C=O) groups is 1. The SMILES string of the molecule is CC1CC(C(=O)N2CC[C@H]3CNC[C@H]32)CO1. The summed E-state index contributed by atoms with van der Waals surface area (Å²) in [7, 11) is 0. The minimum Gasteiger partial charge on any atom is -0.378 e. The zero-order valence-corrected chi connectivity index (χ0v) is 9.82. The second kappa shape index (κ2) is 4.00. The molecule has 3 rings (SSSR count). The average molecular weight is 224 g/mol. The zero-order valence-electron chi connectivity index (χ0n) is 9.82. The van der Waals surface area contributed by atoms with Gasteiger partial charge in [-0.3, -0.25) is 4.79 Å². The molecule has 90 valence electrons. The number of carbonyl (C=O) groups excluding carboxylic acids is 1. The molecule has 0 spiro atoms. The Bertz CT molecular complexity index is 295. The van der Waals surface area contributed by atoms with Crippen molar-refractivity contribution in [2.75, 3.05) is 26.2 Å². The van der Waals surface area contributed by atoms with Crippen LogP contribution in [-0.4, -0.2) is 49.2 Å². The van der Waals surface area contributed by atoms with Gasteiger partial charge in [0.05, 0.1) is 18.6 Å². The number of nitrogens with zero attached hydrogens (tertiary/aromatic N) is 1. The Morgan fingerprint density at radius 3 is 3.06 bits per heavy atom. The summed E-state index contributed by atoms with van der Waals surface area (Å²) in [6.45, 7) is 5.71. The number of rotatable bonds is 1. The summed E-state index contributed by atoms with van der Waals surface area (Å²) >= 11 is 0. The molecule has 3 saturated heterocycles. The molecule has 0 radical (unpaired) electrons. The molecule has 0 aromatic heterocycles. The van der Waals surface area contributed by atoms with Gasteiger partial charge in [0.15, 0.2) is 0 Å². The summed E-state index contributed by atoms with van der Waals surface area (Å²) in [5, 5.41) is 3.38. The van der Waals surface area contributed by atoms with E-state index in [1.165, 1.54) is 6.42 Å². The van der Waals surface area contributed by atoms with E-state index >= 15 is 0 Å². The molecule has 0 aromatic rings. The van der Waals surface area contributed by atoms with Crippen LogP contribution in [0.5, 0.6) is 0 Å². The molecule has 3 fully saturated rings. The lowest BCUT2D eigenvalue weighted by atomic mass is 10.0. The molecule has 1 amide bonds. The second-order valence-electron chi connectivity index (χ2n) is 5.38. The molecule has 0 aliphatic carbocycles. The van der Waals surface area contributed by atoms with E-state index in [2.05, 4.69) is 17.1 Å². The number of likely N-dealkylation sites (tertiary alicyclic amines) is 1. The van der Waals surface area contributed by atoms with E-state index in [-0.39, 0.29) is 12.0 Å². The van der Waals surface area contributed by atoms with Crippen LogP contribution < -0.4 is 5.32 Å². The third-order valence-electron chi connectivity index (χ3n) is 4.28. The highest BCUT2D eigenvalue weighted by Crippen LogP contribution is 2.30. The van der Waals surface area contributed by atoms with Gasteiger partial charge in [-0.1, -0.05) is 0 Å². The molecule has 4 heteroatoms. The number of nitrogens with one attached hydrogen (secondary N) is 1. The zero-order chi connectivity index (χ0) is 11.1. The van der Waals surface area contributed by atoms with Gasteiger partial charge in [0.2, 0.25) is 5.91 Å². The van der Waals surface area contributed by atoms with Crippen LogP contribution >= 0.6 is 0 Å². The highest BCUT2D eigenvalue weighted by atomic mass is 16.5. The van der Waals surface area contributed by atoms with Gasteiger partial charge in [-0.05, 0) is 25.7 Å². The normalized spacial score (nSPS) is 42.7. The van der Waals surface area contributed by atoms with Crippen molar-refractivity contribution in [2.45, 2.75) is 31.9 Å². The van der Waals surface area contributed by atoms with Crippen molar-refractivity contribution in [3.8, 4) is 0 Å². The molecule has 2 unspecified atom stereocenters. The molecule has 4 atom stereocenters. The van der Waals surface area contributed by atoms with Crippen molar-refractivity contribution in [3.63, 3.8) is 0 Å². The highest BCUT2D eigenvalue weighted by Gasteiger charge is 2.42. The smallest absolute Gasteiger partial charge is 0.228 e. The Kier molecular flexibility index (Phi) is 2.64. The van der Waals surface area contributed by atoms with E-state index in [1.54, 1.807) is 0 Å². The van der Waals surface area contributed by atoms with Crippen LogP contribution in [0.3, 0.4) is 0 Å². The Morgan fingerprint density at radius 1 is 1.44 bits per heavy atom. The summed E-state index contributed by atoms with van der Waals surface area (Å²) in [6, 6.07) is 0.461. The maximum absolute atomic E-state index is 12.4. The van der Waals surface area contributed by atoms with Gasteiger partial charge in [-0.15, -0.1) is 0 Å². The number of hydrogen-bond donors (Lipinski definition) is 1. The van der Waals surface area contributed by atoms with Gasteiger partial charge in [0.25, 0.3) is 0 Å². The number of amides is 1. The van der Waals surface area contributed by atoms with Gasteiger partial charge in [-0.25, -0.2) is 0 Å². The van der Waals surface area contributed by atoms with Crippen LogP contribution in [-0.2, 0) is 9.53 Å². The Hall–Kier alpha value is -0.610. The quantitative estimate of drug-likeness (QED) is 0.693.